The summed E-state index contributed by atoms with van der Waals surface area (Å²) >= 11 is 0. The lowest BCUT2D eigenvalue weighted by atomic mass is 10.0. The molecule has 4 atom stereocenters. The summed E-state index contributed by atoms with van der Waals surface area (Å²) in [6.07, 6.45) is -1.30. The van der Waals surface area contributed by atoms with E-state index in [0.717, 1.165) is 0 Å². The highest BCUT2D eigenvalue weighted by atomic mass is 32.2. The summed E-state index contributed by atoms with van der Waals surface area (Å²) < 4.78 is 34.1. The number of likely N-dealkylation sites (N-methyl/N-ethyl adjacent to an activating group) is 1. The average molecular weight is 439 g/mol. The molecule has 0 radical (unpaired) electrons. The maximum atomic E-state index is 13.3. The lowest BCUT2D eigenvalue weighted by Gasteiger charge is -2.37. The molecule has 1 aliphatic rings. The van der Waals surface area contributed by atoms with E-state index in [4.69, 9.17) is 4.74 Å². The summed E-state index contributed by atoms with van der Waals surface area (Å²) in [4.78, 5) is 13.2. The molecule has 9 heteroatoms. The topological polar surface area (TPSA) is 107 Å². The Morgan fingerprint density at radius 1 is 1.40 bits per heavy atom. The summed E-state index contributed by atoms with van der Waals surface area (Å²) in [7, 11) is -2.27. The molecule has 1 aromatic carbocycles. The number of fused-ring (bicyclic) bond motifs is 1. The highest BCUT2D eigenvalue weighted by Crippen LogP contribution is 2.34. The van der Waals surface area contributed by atoms with Gasteiger partial charge in [0.05, 0.1) is 13.2 Å². The first kappa shape index (κ1) is 24.2. The smallest absolute Gasteiger partial charge is 0.247 e. The second-order valence-corrected chi connectivity index (χ2v) is 9.61. The summed E-state index contributed by atoms with van der Waals surface area (Å²) in [6, 6.07) is 3.89. The van der Waals surface area contributed by atoms with Gasteiger partial charge in [-0.25, -0.2) is 8.42 Å². The van der Waals surface area contributed by atoms with Crippen molar-refractivity contribution < 1.29 is 28.2 Å². The molecule has 0 fully saturated rings. The summed E-state index contributed by atoms with van der Waals surface area (Å²) in [5.41, 5.74) is 0.499. The fourth-order valence-corrected chi connectivity index (χ4v) is 4.93. The number of amides is 1. The van der Waals surface area contributed by atoms with Crippen molar-refractivity contribution in [1.82, 2.24) is 9.21 Å². The molecule has 1 aromatic rings. The number of carbonyl (C=O) groups excluding carboxylic acids is 1. The van der Waals surface area contributed by atoms with E-state index in [1.807, 2.05) is 6.92 Å². The minimum atomic E-state index is -3.93. The summed E-state index contributed by atoms with van der Waals surface area (Å²) in [5.74, 6) is 5.17. The SMILES string of the molecule is CC(=O)N(C)C[C@H]1Oc2cc(C#C[C@H](C)O)ccc2S(=O)(=O)N([C@H](C)CO)C[C@@H]1C. The molecule has 1 heterocycles. The molecule has 8 nitrogen and oxygen atoms in total. The normalized spacial score (nSPS) is 22.9. The standard InChI is InChI=1S/C21H30N2O6S/c1-14-11-23(15(2)13-24)30(27,28)21-9-8-18(7-6-16(3)25)10-19(21)29-20(14)12-22(5)17(4)26/h8-10,14-16,20,24-25H,11-13H2,1-5H3/t14-,15+,16-,20+/m0/s1. The van der Waals surface area contributed by atoms with E-state index in [1.165, 1.54) is 35.2 Å². The van der Waals surface area contributed by atoms with Gasteiger partial charge >= 0.3 is 0 Å². The van der Waals surface area contributed by atoms with Crippen LogP contribution in [0.5, 0.6) is 5.75 Å². The third-order valence-electron chi connectivity index (χ3n) is 5.08. The van der Waals surface area contributed by atoms with Gasteiger partial charge in [-0.1, -0.05) is 18.8 Å². The molecule has 0 aromatic heterocycles. The lowest BCUT2D eigenvalue weighted by Crippen LogP contribution is -2.50. The number of carbonyl (C=O) groups is 1. The lowest BCUT2D eigenvalue weighted by molar-refractivity contribution is -0.129. The maximum absolute atomic E-state index is 13.3. The third kappa shape index (κ3) is 5.52. The number of aliphatic hydroxyl groups is 2. The first-order valence-corrected chi connectivity index (χ1v) is 11.3. The van der Waals surface area contributed by atoms with Gasteiger partial charge < -0.3 is 19.8 Å². The predicted octanol–water partition coefficient (Wildman–Crippen LogP) is 0.666. The minimum Gasteiger partial charge on any atom is -0.487 e. The van der Waals surface area contributed by atoms with Gasteiger partial charge in [-0.15, -0.1) is 0 Å². The van der Waals surface area contributed by atoms with Gasteiger partial charge in [0.2, 0.25) is 15.9 Å². The highest BCUT2D eigenvalue weighted by Gasteiger charge is 2.38. The Morgan fingerprint density at radius 2 is 2.07 bits per heavy atom. The van der Waals surface area contributed by atoms with Crippen molar-refractivity contribution >= 4 is 15.9 Å². The number of ether oxygens (including phenoxy) is 1. The molecule has 30 heavy (non-hydrogen) atoms. The van der Waals surface area contributed by atoms with Crippen molar-refractivity contribution in [2.24, 2.45) is 5.92 Å². The Bertz CT molecular complexity index is 935. The molecule has 0 saturated carbocycles. The number of rotatable bonds is 4. The van der Waals surface area contributed by atoms with Crippen LogP contribution in [0.4, 0.5) is 0 Å². The number of aliphatic hydroxyl groups excluding tert-OH is 2. The molecule has 2 rings (SSSR count). The van der Waals surface area contributed by atoms with E-state index < -0.39 is 28.3 Å². The van der Waals surface area contributed by atoms with Crippen LogP contribution in [0.1, 0.15) is 33.3 Å². The Labute approximate surface area is 178 Å². The Kier molecular flexibility index (Phi) is 7.88. The van der Waals surface area contributed by atoms with Crippen LogP contribution in [-0.2, 0) is 14.8 Å². The number of benzene rings is 1. The van der Waals surface area contributed by atoms with Crippen molar-refractivity contribution in [3.05, 3.63) is 23.8 Å². The molecule has 0 unspecified atom stereocenters. The second kappa shape index (κ2) is 9.79. The van der Waals surface area contributed by atoms with E-state index in [2.05, 4.69) is 11.8 Å². The van der Waals surface area contributed by atoms with Crippen LogP contribution in [0.3, 0.4) is 0 Å². The van der Waals surface area contributed by atoms with Crippen LogP contribution in [0.2, 0.25) is 0 Å². The van der Waals surface area contributed by atoms with Crippen molar-refractivity contribution in [1.29, 1.82) is 0 Å². The maximum Gasteiger partial charge on any atom is 0.247 e. The van der Waals surface area contributed by atoms with Crippen LogP contribution in [0.15, 0.2) is 23.1 Å². The Balaban J connectivity index is 2.60. The molecule has 0 bridgehead atoms. The number of nitrogens with zero attached hydrogens (tertiary/aromatic N) is 2. The fourth-order valence-electron chi connectivity index (χ4n) is 3.11. The molecular formula is C21H30N2O6S. The minimum absolute atomic E-state index is 0.0206. The first-order chi connectivity index (χ1) is 14.0. The monoisotopic (exact) mass is 438 g/mol. The van der Waals surface area contributed by atoms with Crippen LogP contribution in [-0.4, -0.2) is 78.7 Å². The number of hydrogen-bond acceptors (Lipinski definition) is 6. The van der Waals surface area contributed by atoms with Crippen LogP contribution in [0, 0.1) is 17.8 Å². The van der Waals surface area contributed by atoms with Crippen molar-refractivity contribution in [2.45, 2.75) is 50.8 Å². The van der Waals surface area contributed by atoms with Crippen LogP contribution < -0.4 is 4.74 Å². The van der Waals surface area contributed by atoms with E-state index >= 15 is 0 Å². The summed E-state index contributed by atoms with van der Waals surface area (Å²) in [5, 5.41) is 19.0. The van der Waals surface area contributed by atoms with E-state index in [0.29, 0.717) is 5.56 Å². The van der Waals surface area contributed by atoms with Crippen molar-refractivity contribution in [3.8, 4) is 17.6 Å². The van der Waals surface area contributed by atoms with Crippen LogP contribution in [0.25, 0.3) is 0 Å². The van der Waals surface area contributed by atoms with Crippen molar-refractivity contribution in [2.75, 3.05) is 26.7 Å². The zero-order valence-electron chi connectivity index (χ0n) is 18.0. The van der Waals surface area contributed by atoms with Gasteiger partial charge in [0.1, 0.15) is 22.9 Å². The van der Waals surface area contributed by atoms with Gasteiger partial charge in [-0.3, -0.25) is 4.79 Å². The molecule has 0 saturated heterocycles. The Morgan fingerprint density at radius 3 is 2.63 bits per heavy atom. The van der Waals surface area contributed by atoms with E-state index in [9.17, 15) is 23.4 Å². The number of hydrogen-bond donors (Lipinski definition) is 2. The molecule has 0 aliphatic carbocycles. The largest absolute Gasteiger partial charge is 0.487 e. The third-order valence-corrected chi connectivity index (χ3v) is 7.10. The Hall–Kier alpha value is -2.12. The van der Waals surface area contributed by atoms with Gasteiger partial charge in [0, 0.05) is 38.0 Å². The zero-order chi connectivity index (χ0) is 22.6. The van der Waals surface area contributed by atoms with Gasteiger partial charge in [0.15, 0.2) is 0 Å². The molecular weight excluding hydrogens is 408 g/mol. The van der Waals surface area contributed by atoms with Gasteiger partial charge in [-0.2, -0.15) is 4.31 Å². The molecule has 1 amide bonds. The molecule has 0 spiro atoms. The van der Waals surface area contributed by atoms with E-state index in [1.54, 1.807) is 20.0 Å². The molecule has 166 valence electrons. The highest BCUT2D eigenvalue weighted by molar-refractivity contribution is 7.89. The van der Waals surface area contributed by atoms with Crippen LogP contribution >= 0.6 is 0 Å². The molecule has 1 aliphatic heterocycles. The van der Waals surface area contributed by atoms with E-state index in [-0.39, 0.29) is 42.2 Å². The molecule has 2 N–H and O–H groups in total. The first-order valence-electron chi connectivity index (χ1n) is 9.82. The predicted molar refractivity (Wildman–Crippen MR) is 112 cm³/mol. The number of sulfonamides is 1. The van der Waals surface area contributed by atoms with Crippen molar-refractivity contribution in [3.63, 3.8) is 0 Å². The summed E-state index contributed by atoms with van der Waals surface area (Å²) in [6.45, 7) is 6.59. The quantitative estimate of drug-likeness (QED) is 0.669. The van der Waals surface area contributed by atoms with Gasteiger partial charge in [0.25, 0.3) is 0 Å². The van der Waals surface area contributed by atoms with Gasteiger partial charge in [-0.05, 0) is 32.0 Å². The average Bonchev–Trinajstić information content (AvgIpc) is 2.68. The fraction of sp³-hybridized carbons (Fsp3) is 0.571. The zero-order valence-corrected chi connectivity index (χ0v) is 18.8. The second-order valence-electron chi connectivity index (χ2n) is 7.75.